The third-order valence-corrected chi connectivity index (χ3v) is 4.74. The Hall–Kier alpha value is -0.710. The van der Waals surface area contributed by atoms with E-state index in [1.54, 1.807) is 0 Å². The summed E-state index contributed by atoms with van der Waals surface area (Å²) in [6.07, 6.45) is 1.27. The van der Waals surface area contributed by atoms with Gasteiger partial charge in [-0.05, 0) is 12.1 Å². The number of ether oxygens (including phenoxy) is 2. The van der Waals surface area contributed by atoms with Crippen molar-refractivity contribution in [2.75, 3.05) is 31.3 Å². The Morgan fingerprint density at radius 2 is 2.37 bits per heavy atom. The van der Waals surface area contributed by atoms with Gasteiger partial charge in [0.2, 0.25) is 0 Å². The largest absolute Gasteiger partial charge is 0.493 e. The number of rotatable bonds is 4. The fraction of sp³-hybridized carbons (Fsp3) is 0.600. The number of fused-ring (bicyclic) bond motifs is 1. The lowest BCUT2D eigenvalue weighted by Crippen LogP contribution is -2.38. The summed E-state index contributed by atoms with van der Waals surface area (Å²) >= 11 is 1.98. The number of thioether (sulfide) groups is 1. The van der Waals surface area contributed by atoms with E-state index in [0.717, 1.165) is 43.4 Å². The van der Waals surface area contributed by atoms with Crippen LogP contribution in [0.5, 0.6) is 5.75 Å². The van der Waals surface area contributed by atoms with Crippen LogP contribution in [0, 0.1) is 0 Å². The van der Waals surface area contributed by atoms with Crippen molar-refractivity contribution in [3.8, 4) is 5.75 Å². The highest BCUT2D eigenvalue weighted by atomic mass is 32.2. The van der Waals surface area contributed by atoms with E-state index in [-0.39, 0.29) is 12.1 Å². The molecule has 0 aromatic heterocycles. The summed E-state index contributed by atoms with van der Waals surface area (Å²) in [6, 6.07) is 6.74. The molecule has 2 heterocycles. The molecule has 0 bridgehead atoms. The number of para-hydroxylation sites is 1. The predicted molar refractivity (Wildman–Crippen MR) is 79.1 cm³/mol. The number of likely N-dealkylation sites (N-methyl/N-ethyl adjacent to an activating group) is 1. The van der Waals surface area contributed by atoms with E-state index in [2.05, 4.69) is 30.4 Å². The van der Waals surface area contributed by atoms with Crippen LogP contribution >= 0.6 is 11.8 Å². The molecule has 4 heteroatoms. The average molecular weight is 279 g/mol. The van der Waals surface area contributed by atoms with Crippen molar-refractivity contribution in [3.05, 3.63) is 29.3 Å². The second-order valence-corrected chi connectivity index (χ2v) is 6.10. The van der Waals surface area contributed by atoms with Crippen LogP contribution in [-0.4, -0.2) is 37.4 Å². The molecule has 3 rings (SSSR count). The molecule has 0 aliphatic carbocycles. The molecule has 0 amide bonds. The minimum Gasteiger partial charge on any atom is -0.493 e. The number of benzene rings is 1. The molecule has 0 saturated carbocycles. The van der Waals surface area contributed by atoms with E-state index in [4.69, 9.17) is 9.47 Å². The van der Waals surface area contributed by atoms with Crippen LogP contribution in [0.1, 0.15) is 24.1 Å². The van der Waals surface area contributed by atoms with Gasteiger partial charge in [-0.2, -0.15) is 11.8 Å². The van der Waals surface area contributed by atoms with Crippen molar-refractivity contribution in [3.63, 3.8) is 0 Å². The summed E-state index contributed by atoms with van der Waals surface area (Å²) in [4.78, 5) is 0. The molecule has 1 N–H and O–H groups in total. The summed E-state index contributed by atoms with van der Waals surface area (Å²) in [7, 11) is 0. The highest BCUT2D eigenvalue weighted by Crippen LogP contribution is 2.36. The van der Waals surface area contributed by atoms with Gasteiger partial charge in [0.05, 0.1) is 25.4 Å². The topological polar surface area (TPSA) is 30.5 Å². The monoisotopic (exact) mass is 279 g/mol. The van der Waals surface area contributed by atoms with E-state index < -0.39 is 0 Å². The minimum absolute atomic E-state index is 0.242. The molecule has 1 saturated heterocycles. The summed E-state index contributed by atoms with van der Waals surface area (Å²) in [6.45, 7) is 4.75. The molecule has 1 aromatic rings. The quantitative estimate of drug-likeness (QED) is 0.917. The molecule has 104 valence electrons. The van der Waals surface area contributed by atoms with Crippen LogP contribution in [0.25, 0.3) is 0 Å². The SMILES string of the molecule is CCNC(c1cccc2c1OCC2)C1CSCCO1. The Kier molecular flexibility index (Phi) is 4.31. The van der Waals surface area contributed by atoms with Crippen LogP contribution in [-0.2, 0) is 11.2 Å². The molecule has 19 heavy (non-hydrogen) atoms. The molecule has 1 aromatic carbocycles. The zero-order chi connectivity index (χ0) is 13.1. The smallest absolute Gasteiger partial charge is 0.127 e. The summed E-state index contributed by atoms with van der Waals surface area (Å²) in [5.41, 5.74) is 2.60. The Morgan fingerprint density at radius 1 is 1.42 bits per heavy atom. The highest BCUT2D eigenvalue weighted by Gasteiger charge is 2.30. The van der Waals surface area contributed by atoms with Crippen LogP contribution in [0.2, 0.25) is 0 Å². The van der Waals surface area contributed by atoms with Crippen molar-refractivity contribution in [2.24, 2.45) is 0 Å². The molecule has 3 nitrogen and oxygen atoms in total. The predicted octanol–water partition coefficient (Wildman–Crippen LogP) is 2.40. The Bertz CT molecular complexity index is 432. The molecule has 2 atom stereocenters. The zero-order valence-corrected chi connectivity index (χ0v) is 12.2. The number of hydrogen-bond donors (Lipinski definition) is 1. The Balaban J connectivity index is 1.89. The van der Waals surface area contributed by atoms with Gasteiger partial charge in [-0.15, -0.1) is 0 Å². The Labute approximate surface area is 119 Å². The van der Waals surface area contributed by atoms with E-state index in [0.29, 0.717) is 0 Å². The van der Waals surface area contributed by atoms with E-state index >= 15 is 0 Å². The molecular weight excluding hydrogens is 258 g/mol. The first-order valence-corrected chi connectivity index (χ1v) is 8.23. The van der Waals surface area contributed by atoms with Crippen LogP contribution < -0.4 is 10.1 Å². The van der Waals surface area contributed by atoms with Crippen molar-refractivity contribution < 1.29 is 9.47 Å². The molecule has 0 radical (unpaired) electrons. The van der Waals surface area contributed by atoms with Crippen molar-refractivity contribution in [2.45, 2.75) is 25.5 Å². The first kappa shape index (κ1) is 13.3. The summed E-state index contributed by atoms with van der Waals surface area (Å²) < 4.78 is 11.8. The van der Waals surface area contributed by atoms with Crippen molar-refractivity contribution in [1.82, 2.24) is 5.32 Å². The van der Waals surface area contributed by atoms with Gasteiger partial charge < -0.3 is 14.8 Å². The lowest BCUT2D eigenvalue weighted by molar-refractivity contribution is 0.0465. The highest BCUT2D eigenvalue weighted by molar-refractivity contribution is 7.99. The third-order valence-electron chi connectivity index (χ3n) is 3.72. The normalized spacial score (nSPS) is 23.7. The first-order valence-electron chi connectivity index (χ1n) is 7.07. The lowest BCUT2D eigenvalue weighted by atomic mass is 9.98. The maximum atomic E-state index is 5.97. The first-order chi connectivity index (χ1) is 9.40. The second-order valence-electron chi connectivity index (χ2n) is 4.95. The van der Waals surface area contributed by atoms with Gasteiger partial charge in [0.1, 0.15) is 5.75 Å². The third kappa shape index (κ3) is 2.76. The Morgan fingerprint density at radius 3 is 3.16 bits per heavy atom. The van der Waals surface area contributed by atoms with Gasteiger partial charge in [-0.25, -0.2) is 0 Å². The molecule has 2 aliphatic heterocycles. The van der Waals surface area contributed by atoms with Crippen molar-refractivity contribution in [1.29, 1.82) is 0 Å². The van der Waals surface area contributed by atoms with Crippen LogP contribution in [0.4, 0.5) is 0 Å². The van der Waals surface area contributed by atoms with E-state index in [1.165, 1.54) is 11.1 Å². The zero-order valence-electron chi connectivity index (χ0n) is 11.4. The summed E-state index contributed by atoms with van der Waals surface area (Å²) in [5.74, 6) is 3.26. The van der Waals surface area contributed by atoms with Gasteiger partial charge in [0, 0.05) is 23.5 Å². The number of nitrogens with one attached hydrogen (secondary N) is 1. The maximum Gasteiger partial charge on any atom is 0.127 e. The van der Waals surface area contributed by atoms with Gasteiger partial charge in [0.15, 0.2) is 0 Å². The van der Waals surface area contributed by atoms with Crippen LogP contribution in [0.15, 0.2) is 18.2 Å². The van der Waals surface area contributed by atoms with Crippen molar-refractivity contribution >= 4 is 11.8 Å². The molecule has 2 aliphatic rings. The van der Waals surface area contributed by atoms with Gasteiger partial charge in [0.25, 0.3) is 0 Å². The standard InChI is InChI=1S/C15H21NO2S/c1-2-16-14(13-10-19-9-8-17-13)12-5-3-4-11-6-7-18-15(11)12/h3-5,13-14,16H,2,6-10H2,1H3. The average Bonchev–Trinajstić information content (AvgIpc) is 2.94. The minimum atomic E-state index is 0.242. The van der Waals surface area contributed by atoms with Gasteiger partial charge in [-0.3, -0.25) is 0 Å². The maximum absolute atomic E-state index is 5.97. The second kappa shape index (κ2) is 6.16. The van der Waals surface area contributed by atoms with Gasteiger partial charge in [-0.1, -0.05) is 25.1 Å². The summed E-state index contributed by atoms with van der Waals surface area (Å²) in [5, 5.41) is 3.58. The lowest BCUT2D eigenvalue weighted by Gasteiger charge is -2.31. The van der Waals surface area contributed by atoms with E-state index in [1.807, 2.05) is 11.8 Å². The molecular formula is C15H21NO2S. The fourth-order valence-corrected chi connectivity index (χ4v) is 3.75. The fourth-order valence-electron chi connectivity index (χ4n) is 2.85. The molecule has 2 unspecified atom stereocenters. The molecule has 1 fully saturated rings. The number of hydrogen-bond acceptors (Lipinski definition) is 4. The van der Waals surface area contributed by atoms with Gasteiger partial charge >= 0.3 is 0 Å². The molecule has 0 spiro atoms. The van der Waals surface area contributed by atoms with E-state index in [9.17, 15) is 0 Å². The van der Waals surface area contributed by atoms with Crippen LogP contribution in [0.3, 0.4) is 0 Å².